The Morgan fingerprint density at radius 1 is 1.12 bits per heavy atom. The van der Waals surface area contributed by atoms with Gasteiger partial charge < -0.3 is 0 Å². The number of aryl methyl sites for hydroxylation is 1. The molecule has 1 aromatic carbocycles. The summed E-state index contributed by atoms with van der Waals surface area (Å²) in [5.41, 5.74) is 4.91. The van der Waals surface area contributed by atoms with Gasteiger partial charge >= 0.3 is 0 Å². The molecule has 0 spiro atoms. The van der Waals surface area contributed by atoms with Crippen LogP contribution in [0.2, 0.25) is 0 Å². The molecule has 0 heteroatoms. The molecule has 0 aromatic heterocycles. The molecule has 0 amide bonds. The van der Waals surface area contributed by atoms with Crippen LogP contribution in [0.1, 0.15) is 69.1 Å². The average molecular weight is 216 g/mol. The maximum atomic E-state index is 2.37. The van der Waals surface area contributed by atoms with Crippen LogP contribution in [0.5, 0.6) is 0 Å². The molecule has 0 saturated carbocycles. The van der Waals surface area contributed by atoms with Crippen LogP contribution in [0, 0.1) is 5.92 Å². The highest BCUT2D eigenvalue weighted by Gasteiger charge is 2.25. The van der Waals surface area contributed by atoms with Crippen molar-refractivity contribution in [2.75, 3.05) is 0 Å². The molecule has 2 rings (SSSR count). The molecular formula is C16H24. The monoisotopic (exact) mass is 216 g/mol. The van der Waals surface area contributed by atoms with Crippen molar-refractivity contribution in [2.24, 2.45) is 5.92 Å². The lowest BCUT2D eigenvalue weighted by atomic mass is 9.73. The molecule has 1 unspecified atom stereocenters. The minimum absolute atomic E-state index is 0.661. The lowest BCUT2D eigenvalue weighted by Crippen LogP contribution is -2.17. The smallest absolute Gasteiger partial charge is 0.0133 e. The normalized spacial score (nSPS) is 20.2. The fourth-order valence-electron chi connectivity index (χ4n) is 3.13. The molecule has 16 heavy (non-hydrogen) atoms. The summed E-state index contributed by atoms with van der Waals surface area (Å²) in [6.07, 6.45) is 4.05. The van der Waals surface area contributed by atoms with Crippen molar-refractivity contribution in [3.8, 4) is 0 Å². The van der Waals surface area contributed by atoms with Crippen molar-refractivity contribution in [1.29, 1.82) is 0 Å². The van der Waals surface area contributed by atoms with E-state index in [0.29, 0.717) is 5.92 Å². The van der Waals surface area contributed by atoms with E-state index in [4.69, 9.17) is 0 Å². The largest absolute Gasteiger partial charge is 0.0622 e. The van der Waals surface area contributed by atoms with Crippen LogP contribution in [0.15, 0.2) is 18.2 Å². The third-order valence-corrected chi connectivity index (χ3v) is 3.99. The molecule has 0 nitrogen and oxygen atoms in total. The van der Waals surface area contributed by atoms with Crippen LogP contribution in [-0.4, -0.2) is 0 Å². The van der Waals surface area contributed by atoms with E-state index in [1.807, 2.05) is 0 Å². The fraction of sp³-hybridized carbons (Fsp3) is 0.625. The van der Waals surface area contributed by atoms with Gasteiger partial charge in [0.1, 0.15) is 0 Å². The van der Waals surface area contributed by atoms with Crippen LogP contribution in [-0.2, 0) is 6.42 Å². The number of fused-ring (bicyclic) bond motifs is 1. The Labute approximate surface area is 100 Å². The van der Waals surface area contributed by atoms with Crippen LogP contribution in [0.3, 0.4) is 0 Å². The second-order valence-corrected chi connectivity index (χ2v) is 5.82. The second-order valence-electron chi connectivity index (χ2n) is 5.82. The summed E-state index contributed by atoms with van der Waals surface area (Å²) < 4.78 is 0. The van der Waals surface area contributed by atoms with Gasteiger partial charge in [0.2, 0.25) is 0 Å². The van der Waals surface area contributed by atoms with Gasteiger partial charge in [0, 0.05) is 0 Å². The van der Waals surface area contributed by atoms with E-state index in [2.05, 4.69) is 45.9 Å². The Morgan fingerprint density at radius 2 is 1.88 bits per heavy atom. The molecule has 1 atom stereocenters. The number of rotatable bonds is 2. The molecule has 1 aliphatic rings. The zero-order chi connectivity index (χ0) is 11.7. The molecule has 0 heterocycles. The average Bonchev–Trinajstić information content (AvgIpc) is 2.27. The summed E-state index contributed by atoms with van der Waals surface area (Å²) in [5, 5.41) is 0. The van der Waals surface area contributed by atoms with Crippen molar-refractivity contribution in [3.63, 3.8) is 0 Å². The maximum Gasteiger partial charge on any atom is -0.0133 e. The SMILES string of the molecule is CC(C)c1cccc2c1C(C(C)C)CCC2. The summed E-state index contributed by atoms with van der Waals surface area (Å²) in [4.78, 5) is 0. The quantitative estimate of drug-likeness (QED) is 0.660. The predicted molar refractivity (Wildman–Crippen MR) is 71.0 cm³/mol. The first-order valence-corrected chi connectivity index (χ1v) is 6.73. The molecule has 88 valence electrons. The Kier molecular flexibility index (Phi) is 3.37. The molecule has 1 aromatic rings. The highest BCUT2D eigenvalue weighted by Crippen LogP contribution is 2.40. The number of benzene rings is 1. The maximum absolute atomic E-state index is 2.37. The molecular weight excluding hydrogens is 192 g/mol. The second kappa shape index (κ2) is 4.61. The van der Waals surface area contributed by atoms with E-state index in [1.54, 1.807) is 16.7 Å². The van der Waals surface area contributed by atoms with Crippen LogP contribution >= 0.6 is 0 Å². The minimum Gasteiger partial charge on any atom is -0.0622 e. The van der Waals surface area contributed by atoms with Gasteiger partial charge in [0.05, 0.1) is 0 Å². The topological polar surface area (TPSA) is 0 Å². The Balaban J connectivity index is 2.51. The van der Waals surface area contributed by atoms with Gasteiger partial charge in [0.15, 0.2) is 0 Å². The van der Waals surface area contributed by atoms with Gasteiger partial charge in [-0.2, -0.15) is 0 Å². The predicted octanol–water partition coefficient (Wildman–Crippen LogP) is 4.89. The third kappa shape index (κ3) is 2.03. The highest BCUT2D eigenvalue weighted by atomic mass is 14.3. The fourth-order valence-corrected chi connectivity index (χ4v) is 3.13. The lowest BCUT2D eigenvalue weighted by molar-refractivity contribution is 0.429. The van der Waals surface area contributed by atoms with Crippen molar-refractivity contribution >= 4 is 0 Å². The van der Waals surface area contributed by atoms with Crippen molar-refractivity contribution in [2.45, 2.75) is 58.8 Å². The van der Waals surface area contributed by atoms with Gasteiger partial charge in [-0.3, -0.25) is 0 Å². The zero-order valence-electron chi connectivity index (χ0n) is 11.1. The van der Waals surface area contributed by atoms with E-state index < -0.39 is 0 Å². The first-order chi connectivity index (χ1) is 7.61. The summed E-state index contributed by atoms with van der Waals surface area (Å²) in [6.45, 7) is 9.39. The van der Waals surface area contributed by atoms with E-state index >= 15 is 0 Å². The van der Waals surface area contributed by atoms with Gasteiger partial charge in [-0.1, -0.05) is 45.9 Å². The molecule has 0 radical (unpaired) electrons. The summed E-state index contributed by atoms with van der Waals surface area (Å²) in [7, 11) is 0. The van der Waals surface area contributed by atoms with E-state index in [-0.39, 0.29) is 0 Å². The van der Waals surface area contributed by atoms with Crippen molar-refractivity contribution < 1.29 is 0 Å². The van der Waals surface area contributed by atoms with Crippen LogP contribution < -0.4 is 0 Å². The molecule has 0 saturated heterocycles. The molecule has 0 N–H and O–H groups in total. The first-order valence-electron chi connectivity index (χ1n) is 6.73. The Hall–Kier alpha value is -0.780. The van der Waals surface area contributed by atoms with Crippen molar-refractivity contribution in [3.05, 3.63) is 34.9 Å². The molecule has 0 aliphatic heterocycles. The van der Waals surface area contributed by atoms with E-state index in [9.17, 15) is 0 Å². The number of hydrogen-bond donors (Lipinski definition) is 0. The highest BCUT2D eigenvalue weighted by molar-refractivity contribution is 5.41. The lowest BCUT2D eigenvalue weighted by Gasteiger charge is -2.32. The van der Waals surface area contributed by atoms with Gasteiger partial charge in [-0.25, -0.2) is 0 Å². The minimum atomic E-state index is 0.661. The first kappa shape index (κ1) is 11.7. The van der Waals surface area contributed by atoms with Gasteiger partial charge in [-0.05, 0) is 53.7 Å². The van der Waals surface area contributed by atoms with E-state index in [0.717, 1.165) is 11.8 Å². The van der Waals surface area contributed by atoms with Gasteiger partial charge in [0.25, 0.3) is 0 Å². The van der Waals surface area contributed by atoms with E-state index in [1.165, 1.54) is 19.3 Å². The zero-order valence-corrected chi connectivity index (χ0v) is 11.1. The molecule has 0 fully saturated rings. The molecule has 1 aliphatic carbocycles. The van der Waals surface area contributed by atoms with Crippen LogP contribution in [0.4, 0.5) is 0 Å². The summed E-state index contributed by atoms with van der Waals surface area (Å²) >= 11 is 0. The Morgan fingerprint density at radius 3 is 2.50 bits per heavy atom. The third-order valence-electron chi connectivity index (χ3n) is 3.99. The molecule has 0 bridgehead atoms. The Bertz CT molecular complexity index is 360. The summed E-state index contributed by atoms with van der Waals surface area (Å²) in [6, 6.07) is 6.93. The van der Waals surface area contributed by atoms with Crippen LogP contribution in [0.25, 0.3) is 0 Å². The number of hydrogen-bond acceptors (Lipinski definition) is 0. The van der Waals surface area contributed by atoms with Crippen molar-refractivity contribution in [1.82, 2.24) is 0 Å². The van der Waals surface area contributed by atoms with Gasteiger partial charge in [-0.15, -0.1) is 0 Å². The standard InChI is InChI=1S/C16H24/c1-11(2)14-9-5-7-13-8-6-10-15(12(3)4)16(13)14/h5,7,9,11-12,15H,6,8,10H2,1-4H3. The summed E-state index contributed by atoms with van der Waals surface area (Å²) in [5.74, 6) is 2.23.